The summed E-state index contributed by atoms with van der Waals surface area (Å²) in [4.78, 5) is 18.9. The van der Waals surface area contributed by atoms with Crippen molar-refractivity contribution in [2.24, 2.45) is 0 Å². The molecule has 1 aromatic heterocycles. The molecule has 4 nitrogen and oxygen atoms in total. The van der Waals surface area contributed by atoms with Crippen LogP contribution in [0.15, 0.2) is 35.1 Å². The molecular weight excluding hydrogens is 240 g/mol. The van der Waals surface area contributed by atoms with Gasteiger partial charge >= 0.3 is 0 Å². The Morgan fingerprint density at radius 1 is 1.37 bits per heavy atom. The van der Waals surface area contributed by atoms with Crippen LogP contribution >= 0.6 is 0 Å². The number of hydrogen-bond acceptors (Lipinski definition) is 3. The Bertz CT molecular complexity index is 645. The van der Waals surface area contributed by atoms with Crippen molar-refractivity contribution >= 4 is 0 Å². The number of ether oxygens (including phenoxy) is 1. The Hall–Kier alpha value is -1.94. The molecule has 0 unspecified atom stereocenters. The molecule has 1 aromatic carbocycles. The number of benzene rings is 1. The first-order valence-corrected chi connectivity index (χ1v) is 6.46. The number of aromatic amines is 1. The van der Waals surface area contributed by atoms with E-state index in [1.807, 2.05) is 12.1 Å². The predicted octanol–water partition coefficient (Wildman–Crippen LogP) is 2.46. The van der Waals surface area contributed by atoms with Crippen LogP contribution in [0.5, 0.6) is 0 Å². The molecule has 1 saturated carbocycles. The van der Waals surface area contributed by atoms with E-state index in [1.54, 1.807) is 7.11 Å². The van der Waals surface area contributed by atoms with Crippen molar-refractivity contribution in [2.75, 3.05) is 7.11 Å². The van der Waals surface area contributed by atoms with Gasteiger partial charge in [0.1, 0.15) is 5.82 Å². The molecule has 0 amide bonds. The number of methoxy groups -OCH3 is 1. The van der Waals surface area contributed by atoms with E-state index < -0.39 is 0 Å². The lowest BCUT2D eigenvalue weighted by Crippen LogP contribution is -2.10. The minimum atomic E-state index is -0.145. The van der Waals surface area contributed by atoms with Gasteiger partial charge in [-0.1, -0.05) is 18.2 Å². The van der Waals surface area contributed by atoms with Gasteiger partial charge < -0.3 is 9.72 Å². The topological polar surface area (TPSA) is 55.0 Å². The zero-order chi connectivity index (χ0) is 13.2. The third-order valence-corrected chi connectivity index (χ3v) is 3.30. The van der Waals surface area contributed by atoms with Gasteiger partial charge in [0.15, 0.2) is 0 Å². The molecule has 1 fully saturated rings. The Kier molecular flexibility index (Phi) is 3.17. The number of rotatable bonds is 4. The first kappa shape index (κ1) is 12.1. The summed E-state index contributed by atoms with van der Waals surface area (Å²) < 4.78 is 5.03. The Labute approximate surface area is 111 Å². The molecule has 1 aliphatic carbocycles. The second-order valence-corrected chi connectivity index (χ2v) is 4.92. The lowest BCUT2D eigenvalue weighted by molar-refractivity contribution is 0.181. The standard InChI is InChI=1S/C15H16N2O2/c1-19-9-13-8-14(18)17-15(16-13)12-4-2-3-11(7-12)10-5-6-10/h2-4,7-8,10H,5-6,9H2,1H3,(H,16,17,18). The van der Waals surface area contributed by atoms with E-state index in [0.29, 0.717) is 24.0 Å². The van der Waals surface area contributed by atoms with Crippen molar-refractivity contribution in [1.82, 2.24) is 9.97 Å². The summed E-state index contributed by atoms with van der Waals surface area (Å²) in [7, 11) is 1.59. The van der Waals surface area contributed by atoms with Crippen LogP contribution in [0, 0.1) is 0 Å². The molecule has 3 rings (SSSR count). The predicted molar refractivity (Wildman–Crippen MR) is 73.0 cm³/mol. The summed E-state index contributed by atoms with van der Waals surface area (Å²) in [5.74, 6) is 1.30. The summed E-state index contributed by atoms with van der Waals surface area (Å²) in [6, 6.07) is 9.72. The molecule has 1 heterocycles. The van der Waals surface area contributed by atoms with Crippen LogP contribution in [0.4, 0.5) is 0 Å². The van der Waals surface area contributed by atoms with Crippen LogP contribution in [0.25, 0.3) is 11.4 Å². The van der Waals surface area contributed by atoms with E-state index in [-0.39, 0.29) is 5.56 Å². The average Bonchev–Trinajstić information content (AvgIpc) is 3.23. The highest BCUT2D eigenvalue weighted by Crippen LogP contribution is 2.40. The molecule has 1 aliphatic rings. The maximum atomic E-state index is 11.6. The van der Waals surface area contributed by atoms with Crippen molar-refractivity contribution in [3.8, 4) is 11.4 Å². The molecule has 19 heavy (non-hydrogen) atoms. The fourth-order valence-electron chi connectivity index (χ4n) is 2.22. The summed E-state index contributed by atoms with van der Waals surface area (Å²) in [5, 5.41) is 0. The number of H-pyrrole nitrogens is 1. The molecule has 1 N–H and O–H groups in total. The van der Waals surface area contributed by atoms with Gasteiger partial charge in [-0.15, -0.1) is 0 Å². The fourth-order valence-corrected chi connectivity index (χ4v) is 2.22. The van der Waals surface area contributed by atoms with Gasteiger partial charge in [0.05, 0.1) is 12.3 Å². The zero-order valence-electron chi connectivity index (χ0n) is 10.8. The number of hydrogen-bond donors (Lipinski definition) is 1. The second kappa shape index (κ2) is 4.97. The quantitative estimate of drug-likeness (QED) is 0.914. The Morgan fingerprint density at radius 3 is 2.95 bits per heavy atom. The Morgan fingerprint density at radius 2 is 2.21 bits per heavy atom. The van der Waals surface area contributed by atoms with E-state index in [9.17, 15) is 4.79 Å². The third-order valence-electron chi connectivity index (χ3n) is 3.30. The maximum Gasteiger partial charge on any atom is 0.251 e. The van der Waals surface area contributed by atoms with Crippen molar-refractivity contribution in [2.45, 2.75) is 25.4 Å². The third kappa shape index (κ3) is 2.74. The molecule has 0 atom stereocenters. The SMILES string of the molecule is COCc1cc(=O)[nH]c(-c2cccc(C3CC3)c2)n1. The summed E-state index contributed by atoms with van der Waals surface area (Å²) in [6.45, 7) is 0.346. The van der Waals surface area contributed by atoms with Crippen LogP contribution in [0.3, 0.4) is 0 Å². The first-order valence-electron chi connectivity index (χ1n) is 6.46. The fraction of sp³-hybridized carbons (Fsp3) is 0.333. The normalized spacial score (nSPS) is 14.6. The zero-order valence-corrected chi connectivity index (χ0v) is 10.8. The van der Waals surface area contributed by atoms with Gasteiger partial charge in [-0.05, 0) is 30.4 Å². The highest BCUT2D eigenvalue weighted by Gasteiger charge is 2.23. The first-order chi connectivity index (χ1) is 9.26. The smallest absolute Gasteiger partial charge is 0.251 e. The molecule has 4 heteroatoms. The van der Waals surface area contributed by atoms with E-state index in [2.05, 4.69) is 22.1 Å². The lowest BCUT2D eigenvalue weighted by Gasteiger charge is -2.06. The summed E-state index contributed by atoms with van der Waals surface area (Å²) in [6.07, 6.45) is 2.52. The van der Waals surface area contributed by atoms with Crippen molar-refractivity contribution < 1.29 is 4.74 Å². The van der Waals surface area contributed by atoms with Crippen molar-refractivity contribution in [3.63, 3.8) is 0 Å². The molecule has 0 saturated heterocycles. The van der Waals surface area contributed by atoms with E-state index >= 15 is 0 Å². The van der Waals surface area contributed by atoms with Crippen molar-refractivity contribution in [3.05, 3.63) is 51.9 Å². The molecule has 2 aromatic rings. The van der Waals surface area contributed by atoms with Gasteiger partial charge in [-0.25, -0.2) is 4.98 Å². The molecule has 0 radical (unpaired) electrons. The molecular formula is C15H16N2O2. The molecule has 0 aliphatic heterocycles. The summed E-state index contributed by atoms with van der Waals surface area (Å²) in [5.41, 5.74) is 2.80. The lowest BCUT2D eigenvalue weighted by atomic mass is 10.1. The number of nitrogens with zero attached hydrogens (tertiary/aromatic N) is 1. The van der Waals surface area contributed by atoms with E-state index in [1.165, 1.54) is 24.5 Å². The van der Waals surface area contributed by atoms with Gasteiger partial charge in [-0.3, -0.25) is 4.79 Å². The molecule has 0 spiro atoms. The maximum absolute atomic E-state index is 11.6. The molecule has 98 valence electrons. The highest BCUT2D eigenvalue weighted by molar-refractivity contribution is 5.56. The van der Waals surface area contributed by atoms with Crippen molar-refractivity contribution in [1.29, 1.82) is 0 Å². The largest absolute Gasteiger partial charge is 0.378 e. The van der Waals surface area contributed by atoms with Gasteiger partial charge in [-0.2, -0.15) is 0 Å². The average molecular weight is 256 g/mol. The van der Waals surface area contributed by atoms with Crippen LogP contribution in [-0.4, -0.2) is 17.1 Å². The van der Waals surface area contributed by atoms with E-state index in [0.717, 1.165) is 5.56 Å². The highest BCUT2D eigenvalue weighted by atomic mass is 16.5. The Balaban J connectivity index is 2.00. The van der Waals surface area contributed by atoms with Gasteiger partial charge in [0.2, 0.25) is 0 Å². The monoisotopic (exact) mass is 256 g/mol. The number of nitrogens with one attached hydrogen (secondary N) is 1. The van der Waals surface area contributed by atoms with Gasteiger partial charge in [0, 0.05) is 18.7 Å². The number of aromatic nitrogens is 2. The second-order valence-electron chi connectivity index (χ2n) is 4.92. The minimum absolute atomic E-state index is 0.145. The van der Waals surface area contributed by atoms with Crippen LogP contribution in [-0.2, 0) is 11.3 Å². The van der Waals surface area contributed by atoms with Gasteiger partial charge in [0.25, 0.3) is 5.56 Å². The van der Waals surface area contributed by atoms with Crippen LogP contribution in [0.2, 0.25) is 0 Å². The minimum Gasteiger partial charge on any atom is -0.378 e. The van der Waals surface area contributed by atoms with Crippen LogP contribution < -0.4 is 5.56 Å². The van der Waals surface area contributed by atoms with Crippen LogP contribution in [0.1, 0.15) is 30.0 Å². The summed E-state index contributed by atoms with van der Waals surface area (Å²) >= 11 is 0. The van der Waals surface area contributed by atoms with E-state index in [4.69, 9.17) is 4.74 Å². The molecule has 0 bridgehead atoms.